The molecule has 4 heteroatoms. The molecule has 0 saturated heterocycles. The van der Waals surface area contributed by atoms with E-state index in [4.69, 9.17) is 4.98 Å². The number of hydrogen-bond acceptors (Lipinski definition) is 3. The molecule has 3 atom stereocenters. The largest absolute Gasteiger partial charge is 0.366 e. The maximum Gasteiger partial charge on any atom is 0.144 e. The number of nitrogens with one attached hydrogen (secondary N) is 1. The minimum absolute atomic E-state index is 0.347. The molecule has 2 aliphatic carbocycles. The van der Waals surface area contributed by atoms with E-state index < -0.39 is 0 Å². The van der Waals surface area contributed by atoms with Crippen LogP contribution >= 0.6 is 15.9 Å². The number of nitrogens with zero attached hydrogens (tertiary/aromatic N) is 2. The van der Waals surface area contributed by atoms with E-state index in [1.54, 1.807) is 11.1 Å². The van der Waals surface area contributed by atoms with Crippen LogP contribution in [0.1, 0.15) is 55.5 Å². The molecule has 3 unspecified atom stereocenters. The Hall–Kier alpha value is -1.42. The van der Waals surface area contributed by atoms with Gasteiger partial charge in [-0.1, -0.05) is 38.1 Å². The van der Waals surface area contributed by atoms with Crippen LogP contribution in [0.2, 0.25) is 0 Å². The zero-order valence-electron chi connectivity index (χ0n) is 13.6. The molecule has 1 aromatic carbocycles. The smallest absolute Gasteiger partial charge is 0.144 e. The fourth-order valence-electron chi connectivity index (χ4n) is 4.02. The van der Waals surface area contributed by atoms with Crippen molar-refractivity contribution < 1.29 is 0 Å². The molecule has 0 spiro atoms. The predicted molar refractivity (Wildman–Crippen MR) is 96.8 cm³/mol. The van der Waals surface area contributed by atoms with Crippen molar-refractivity contribution in [3.05, 3.63) is 51.9 Å². The minimum atomic E-state index is 0.347. The number of halogens is 1. The van der Waals surface area contributed by atoms with Crippen molar-refractivity contribution in [2.75, 3.05) is 5.32 Å². The molecule has 23 heavy (non-hydrogen) atoms. The van der Waals surface area contributed by atoms with Gasteiger partial charge in [-0.25, -0.2) is 9.97 Å². The molecule has 0 amide bonds. The van der Waals surface area contributed by atoms with Crippen LogP contribution in [-0.4, -0.2) is 16.0 Å². The van der Waals surface area contributed by atoms with Crippen molar-refractivity contribution in [2.45, 2.75) is 51.0 Å². The Kier molecular flexibility index (Phi) is 3.88. The lowest BCUT2D eigenvalue weighted by Gasteiger charge is -2.49. The first-order chi connectivity index (χ1) is 11.1. The van der Waals surface area contributed by atoms with E-state index in [2.05, 4.69) is 64.3 Å². The number of aryl methyl sites for hydroxylation is 1. The second-order valence-electron chi connectivity index (χ2n) is 7.07. The van der Waals surface area contributed by atoms with Gasteiger partial charge in [0.15, 0.2) is 0 Å². The molecular weight excluding hydrogens is 350 g/mol. The van der Waals surface area contributed by atoms with Crippen LogP contribution in [0.25, 0.3) is 0 Å². The van der Waals surface area contributed by atoms with Crippen molar-refractivity contribution in [3.63, 3.8) is 0 Å². The van der Waals surface area contributed by atoms with Crippen LogP contribution in [0.5, 0.6) is 0 Å². The molecule has 0 aliphatic heterocycles. The summed E-state index contributed by atoms with van der Waals surface area (Å²) in [4.78, 5) is 9.11. The highest BCUT2D eigenvalue weighted by molar-refractivity contribution is 9.10. The lowest BCUT2D eigenvalue weighted by atomic mass is 9.60. The zero-order valence-corrected chi connectivity index (χ0v) is 15.2. The van der Waals surface area contributed by atoms with Crippen LogP contribution in [-0.2, 0) is 6.42 Å². The van der Waals surface area contributed by atoms with Gasteiger partial charge in [0, 0.05) is 18.2 Å². The van der Waals surface area contributed by atoms with Gasteiger partial charge in [-0.3, -0.25) is 0 Å². The van der Waals surface area contributed by atoms with Gasteiger partial charge in [0.2, 0.25) is 0 Å². The zero-order chi connectivity index (χ0) is 16.0. The molecule has 0 radical (unpaired) electrons. The summed E-state index contributed by atoms with van der Waals surface area (Å²) < 4.78 is 0.960. The first-order valence-electron chi connectivity index (χ1n) is 8.50. The monoisotopic (exact) mass is 371 g/mol. The fraction of sp³-hybridized carbons (Fsp3) is 0.474. The van der Waals surface area contributed by atoms with E-state index in [9.17, 15) is 0 Å². The SMILES string of the molecule is CC(C)c1ncc(Br)c(NC2CC3c4ccccc4CCC23)n1. The summed E-state index contributed by atoms with van der Waals surface area (Å²) in [6.45, 7) is 4.26. The van der Waals surface area contributed by atoms with E-state index in [0.29, 0.717) is 12.0 Å². The van der Waals surface area contributed by atoms with Gasteiger partial charge in [0.25, 0.3) is 0 Å². The molecule has 120 valence electrons. The third-order valence-corrected chi connectivity index (χ3v) is 5.92. The molecule has 1 fully saturated rings. The highest BCUT2D eigenvalue weighted by Crippen LogP contribution is 2.50. The Morgan fingerprint density at radius 2 is 2.09 bits per heavy atom. The number of fused-ring (bicyclic) bond motifs is 3. The van der Waals surface area contributed by atoms with Gasteiger partial charge in [0.05, 0.1) is 4.47 Å². The maximum atomic E-state index is 4.71. The van der Waals surface area contributed by atoms with Gasteiger partial charge in [0.1, 0.15) is 11.6 Å². The first-order valence-corrected chi connectivity index (χ1v) is 9.29. The Morgan fingerprint density at radius 1 is 1.26 bits per heavy atom. The normalized spacial score (nSPS) is 25.5. The number of benzene rings is 1. The highest BCUT2D eigenvalue weighted by atomic mass is 79.9. The third-order valence-electron chi connectivity index (χ3n) is 5.34. The number of aromatic nitrogens is 2. The van der Waals surface area contributed by atoms with Crippen molar-refractivity contribution in [2.24, 2.45) is 5.92 Å². The van der Waals surface area contributed by atoms with Crippen LogP contribution in [0.15, 0.2) is 34.9 Å². The van der Waals surface area contributed by atoms with Crippen LogP contribution in [0.4, 0.5) is 5.82 Å². The summed E-state index contributed by atoms with van der Waals surface area (Å²) in [5, 5.41) is 3.67. The van der Waals surface area contributed by atoms with Gasteiger partial charge < -0.3 is 5.32 Å². The average molecular weight is 372 g/mol. The van der Waals surface area contributed by atoms with Crippen molar-refractivity contribution in [1.82, 2.24) is 9.97 Å². The molecule has 4 rings (SSSR count). The second-order valence-corrected chi connectivity index (χ2v) is 7.93. The molecule has 3 nitrogen and oxygen atoms in total. The summed E-state index contributed by atoms with van der Waals surface area (Å²) in [5.74, 6) is 3.66. The van der Waals surface area contributed by atoms with Crippen molar-refractivity contribution in [1.29, 1.82) is 0 Å². The standard InChI is InChI=1S/C19H22BrN3/c1-11(2)18-21-10-16(20)19(23-18)22-17-9-15-13-6-4-3-5-12(13)7-8-14(15)17/h3-6,10-11,14-15,17H,7-9H2,1-2H3,(H,21,22,23). The van der Waals surface area contributed by atoms with Gasteiger partial charge in [-0.2, -0.15) is 0 Å². The van der Waals surface area contributed by atoms with E-state index in [1.807, 2.05) is 6.20 Å². The van der Waals surface area contributed by atoms with Gasteiger partial charge in [-0.15, -0.1) is 0 Å². The third kappa shape index (κ3) is 2.67. The van der Waals surface area contributed by atoms with E-state index in [1.165, 1.54) is 19.3 Å². The van der Waals surface area contributed by atoms with Crippen molar-refractivity contribution in [3.8, 4) is 0 Å². The Labute approximate surface area is 146 Å². The summed E-state index contributed by atoms with van der Waals surface area (Å²) in [5.41, 5.74) is 3.13. The summed E-state index contributed by atoms with van der Waals surface area (Å²) in [6, 6.07) is 9.48. The molecule has 1 heterocycles. The number of anilines is 1. The topological polar surface area (TPSA) is 37.8 Å². The number of rotatable bonds is 3. The molecule has 1 aromatic heterocycles. The van der Waals surface area contributed by atoms with Gasteiger partial charge >= 0.3 is 0 Å². The summed E-state index contributed by atoms with van der Waals surface area (Å²) >= 11 is 3.59. The molecule has 2 aliphatic rings. The molecule has 1 N–H and O–H groups in total. The lowest BCUT2D eigenvalue weighted by Crippen LogP contribution is -2.47. The minimum Gasteiger partial charge on any atom is -0.366 e. The first kappa shape index (κ1) is 15.1. The highest BCUT2D eigenvalue weighted by Gasteiger charge is 2.44. The van der Waals surface area contributed by atoms with Crippen LogP contribution in [0, 0.1) is 5.92 Å². The lowest BCUT2D eigenvalue weighted by molar-refractivity contribution is 0.194. The van der Waals surface area contributed by atoms with E-state index >= 15 is 0 Å². The van der Waals surface area contributed by atoms with Gasteiger partial charge in [-0.05, 0) is 58.2 Å². The predicted octanol–water partition coefficient (Wildman–Crippen LogP) is 4.89. The Morgan fingerprint density at radius 3 is 2.91 bits per heavy atom. The molecular formula is C19H22BrN3. The maximum absolute atomic E-state index is 4.71. The number of hydrogen-bond donors (Lipinski definition) is 1. The molecule has 1 saturated carbocycles. The summed E-state index contributed by atoms with van der Waals surface area (Å²) in [6.07, 6.45) is 5.56. The molecule has 0 bridgehead atoms. The summed E-state index contributed by atoms with van der Waals surface area (Å²) in [7, 11) is 0. The Bertz CT molecular complexity index is 728. The average Bonchev–Trinajstić information content (AvgIpc) is 2.53. The second kappa shape index (κ2) is 5.90. The Balaban J connectivity index is 1.52. The van der Waals surface area contributed by atoms with Crippen LogP contribution < -0.4 is 5.32 Å². The van der Waals surface area contributed by atoms with E-state index in [0.717, 1.165) is 28.0 Å². The fourth-order valence-corrected chi connectivity index (χ4v) is 4.32. The van der Waals surface area contributed by atoms with E-state index in [-0.39, 0.29) is 0 Å². The van der Waals surface area contributed by atoms with Crippen molar-refractivity contribution >= 4 is 21.7 Å². The molecule has 2 aromatic rings. The van der Waals surface area contributed by atoms with Crippen LogP contribution in [0.3, 0.4) is 0 Å². The quantitative estimate of drug-likeness (QED) is 0.833.